The number of benzene rings is 3. The number of carbonyl (C=O) groups is 1. The van der Waals surface area contributed by atoms with Crippen molar-refractivity contribution in [2.45, 2.75) is 12.6 Å². The Morgan fingerprint density at radius 3 is 2.56 bits per heavy atom. The van der Waals surface area contributed by atoms with Gasteiger partial charge in [0.05, 0.1) is 24.1 Å². The third kappa shape index (κ3) is 3.35. The summed E-state index contributed by atoms with van der Waals surface area (Å²) >= 11 is 3.40. The number of nitrogens with zero attached hydrogens (tertiary/aromatic N) is 1. The van der Waals surface area contributed by atoms with Crippen LogP contribution in [0.3, 0.4) is 0 Å². The van der Waals surface area contributed by atoms with Gasteiger partial charge in [-0.15, -0.1) is 0 Å². The molecule has 3 aromatic carbocycles. The number of ether oxygens (including phenoxy) is 1. The molecule has 7 heteroatoms. The van der Waals surface area contributed by atoms with E-state index in [1.807, 2.05) is 24.3 Å². The Morgan fingerprint density at radius 2 is 1.84 bits per heavy atom. The minimum Gasteiger partial charge on any atom is -0.508 e. The quantitative estimate of drug-likeness (QED) is 0.433. The molecule has 32 heavy (non-hydrogen) atoms. The van der Waals surface area contributed by atoms with Gasteiger partial charge in [-0.05, 0) is 53.6 Å². The Balaban J connectivity index is 1.70. The summed E-state index contributed by atoms with van der Waals surface area (Å²) in [6.07, 6.45) is 0. The zero-order chi connectivity index (χ0) is 22.4. The van der Waals surface area contributed by atoms with E-state index < -0.39 is 6.04 Å². The molecule has 0 aliphatic carbocycles. The number of hydrogen-bond acceptors (Lipinski definition) is 5. The van der Waals surface area contributed by atoms with Crippen molar-refractivity contribution in [2.75, 3.05) is 7.11 Å². The van der Waals surface area contributed by atoms with Crippen molar-refractivity contribution in [3.8, 4) is 11.5 Å². The first kappa shape index (κ1) is 20.3. The highest BCUT2D eigenvalue weighted by Gasteiger charge is 2.42. The van der Waals surface area contributed by atoms with Gasteiger partial charge in [-0.2, -0.15) is 0 Å². The lowest BCUT2D eigenvalue weighted by Gasteiger charge is -2.25. The van der Waals surface area contributed by atoms with Gasteiger partial charge in [-0.25, -0.2) is 0 Å². The molecule has 160 valence electrons. The van der Waals surface area contributed by atoms with Crippen molar-refractivity contribution >= 4 is 32.8 Å². The second-order valence-corrected chi connectivity index (χ2v) is 8.51. The third-order valence-electron chi connectivity index (χ3n) is 5.63. The number of amides is 1. The van der Waals surface area contributed by atoms with Crippen LogP contribution < -0.4 is 10.2 Å². The van der Waals surface area contributed by atoms with Crippen LogP contribution in [0.15, 0.2) is 80.4 Å². The monoisotopic (exact) mass is 491 g/mol. The fraction of sp³-hybridized carbons (Fsp3) is 0.120. The van der Waals surface area contributed by atoms with Crippen molar-refractivity contribution < 1.29 is 19.1 Å². The number of halogens is 1. The molecule has 2 heterocycles. The average molecular weight is 492 g/mol. The van der Waals surface area contributed by atoms with E-state index in [2.05, 4.69) is 15.9 Å². The number of methoxy groups -OCH3 is 1. The van der Waals surface area contributed by atoms with Crippen molar-refractivity contribution in [1.29, 1.82) is 0 Å². The third-order valence-corrected chi connectivity index (χ3v) is 6.12. The number of phenolic OH excluding ortho intramolecular Hbond substituents is 1. The van der Waals surface area contributed by atoms with Gasteiger partial charge in [0.1, 0.15) is 17.1 Å². The minimum atomic E-state index is -0.689. The molecule has 0 radical (unpaired) electrons. The molecule has 1 N–H and O–H groups in total. The van der Waals surface area contributed by atoms with E-state index in [1.165, 1.54) is 0 Å². The maximum absolute atomic E-state index is 13.5. The number of hydrogen-bond donors (Lipinski definition) is 1. The summed E-state index contributed by atoms with van der Waals surface area (Å²) in [4.78, 5) is 28.6. The molecule has 4 aromatic rings. The predicted octanol–water partition coefficient (Wildman–Crippen LogP) is 5.02. The van der Waals surface area contributed by atoms with Gasteiger partial charge in [-0.1, -0.05) is 40.2 Å². The van der Waals surface area contributed by atoms with Crippen molar-refractivity contribution in [1.82, 2.24) is 4.90 Å². The highest BCUT2D eigenvalue weighted by atomic mass is 79.9. The highest BCUT2D eigenvalue weighted by Crippen LogP contribution is 2.40. The molecule has 1 aliphatic heterocycles. The van der Waals surface area contributed by atoms with E-state index in [9.17, 15) is 14.7 Å². The first-order valence-corrected chi connectivity index (χ1v) is 10.7. The molecule has 1 aliphatic rings. The van der Waals surface area contributed by atoms with Gasteiger partial charge < -0.3 is 19.2 Å². The molecule has 6 nitrogen and oxygen atoms in total. The van der Waals surface area contributed by atoms with Crippen LogP contribution >= 0.6 is 15.9 Å². The summed E-state index contributed by atoms with van der Waals surface area (Å²) < 4.78 is 11.9. The second-order valence-electron chi connectivity index (χ2n) is 7.59. The van der Waals surface area contributed by atoms with Crippen molar-refractivity contribution in [3.05, 3.63) is 104 Å². The molecule has 0 saturated heterocycles. The van der Waals surface area contributed by atoms with Crippen LogP contribution in [0.1, 0.15) is 33.3 Å². The molecule has 0 spiro atoms. The average Bonchev–Trinajstić information content (AvgIpc) is 3.07. The first-order chi connectivity index (χ1) is 15.5. The Kier molecular flexibility index (Phi) is 4.98. The summed E-state index contributed by atoms with van der Waals surface area (Å²) in [5.41, 5.74) is 1.87. The maximum atomic E-state index is 13.5. The topological polar surface area (TPSA) is 80.0 Å². The lowest BCUT2D eigenvalue weighted by Crippen LogP contribution is -2.29. The fourth-order valence-corrected chi connectivity index (χ4v) is 4.49. The number of phenols is 1. The standard InChI is InChI=1S/C25H18BrNO5/c1-31-18-8-5-14(6-9-18)13-27-22(15-3-2-4-17(28)11-15)21-23(29)19-12-16(26)7-10-20(19)32-24(21)25(27)30/h2-12,22,28H,13H2,1H3/t22-/m1/s1. The normalized spacial score (nSPS) is 15.2. The molecular formula is C25H18BrNO5. The predicted molar refractivity (Wildman–Crippen MR) is 123 cm³/mol. The largest absolute Gasteiger partial charge is 0.508 e. The van der Waals surface area contributed by atoms with E-state index in [0.717, 1.165) is 10.0 Å². The summed E-state index contributed by atoms with van der Waals surface area (Å²) in [5.74, 6) is 0.432. The van der Waals surface area contributed by atoms with Gasteiger partial charge in [0, 0.05) is 11.0 Å². The minimum absolute atomic E-state index is 0.0340. The Hall–Kier alpha value is -3.58. The van der Waals surface area contributed by atoms with Crippen molar-refractivity contribution in [2.24, 2.45) is 0 Å². The van der Waals surface area contributed by atoms with E-state index in [-0.39, 0.29) is 35.0 Å². The molecular weight excluding hydrogens is 474 g/mol. The molecule has 0 saturated carbocycles. The number of fused-ring (bicyclic) bond motifs is 2. The lowest BCUT2D eigenvalue weighted by molar-refractivity contribution is 0.0714. The summed E-state index contributed by atoms with van der Waals surface area (Å²) in [7, 11) is 1.59. The van der Waals surface area contributed by atoms with E-state index in [0.29, 0.717) is 22.3 Å². The Morgan fingerprint density at radius 1 is 1.06 bits per heavy atom. The summed E-state index contributed by atoms with van der Waals surface area (Å²) in [6.45, 7) is 0.257. The summed E-state index contributed by atoms with van der Waals surface area (Å²) in [5, 5.41) is 10.5. The maximum Gasteiger partial charge on any atom is 0.291 e. The first-order valence-electron chi connectivity index (χ1n) is 9.95. The lowest BCUT2D eigenvalue weighted by atomic mass is 9.98. The molecule has 0 fully saturated rings. The number of aromatic hydroxyl groups is 1. The van der Waals surface area contributed by atoms with Gasteiger partial charge in [0.25, 0.3) is 5.91 Å². The molecule has 1 amide bonds. The SMILES string of the molecule is COc1ccc(CN2C(=O)c3oc4ccc(Br)cc4c(=O)c3[C@H]2c2cccc(O)c2)cc1. The van der Waals surface area contributed by atoms with Gasteiger partial charge >= 0.3 is 0 Å². The highest BCUT2D eigenvalue weighted by molar-refractivity contribution is 9.10. The Labute approximate surface area is 191 Å². The van der Waals surface area contributed by atoms with Crippen LogP contribution in [0.4, 0.5) is 0 Å². The van der Waals surface area contributed by atoms with Crippen LogP contribution in [-0.2, 0) is 6.54 Å². The number of rotatable bonds is 4. The van der Waals surface area contributed by atoms with Crippen LogP contribution in [0.25, 0.3) is 11.0 Å². The molecule has 1 aromatic heterocycles. The fourth-order valence-electron chi connectivity index (χ4n) is 4.12. The zero-order valence-corrected chi connectivity index (χ0v) is 18.6. The second kappa shape index (κ2) is 7.84. The van der Waals surface area contributed by atoms with Crippen LogP contribution in [-0.4, -0.2) is 23.0 Å². The van der Waals surface area contributed by atoms with Crippen molar-refractivity contribution in [3.63, 3.8) is 0 Å². The van der Waals surface area contributed by atoms with Crippen LogP contribution in [0.5, 0.6) is 11.5 Å². The molecule has 1 atom stereocenters. The smallest absolute Gasteiger partial charge is 0.291 e. The zero-order valence-electron chi connectivity index (χ0n) is 17.0. The van der Waals surface area contributed by atoms with Crippen LogP contribution in [0.2, 0.25) is 0 Å². The van der Waals surface area contributed by atoms with E-state index in [4.69, 9.17) is 9.15 Å². The summed E-state index contributed by atoms with van der Waals surface area (Å²) in [6, 6.07) is 18.4. The Bertz CT molecular complexity index is 1410. The molecule has 0 bridgehead atoms. The van der Waals surface area contributed by atoms with E-state index in [1.54, 1.807) is 54.5 Å². The molecule has 5 rings (SSSR count). The van der Waals surface area contributed by atoms with Gasteiger partial charge in [-0.3, -0.25) is 9.59 Å². The number of carbonyl (C=O) groups excluding carboxylic acids is 1. The van der Waals surface area contributed by atoms with Gasteiger partial charge in [0.2, 0.25) is 5.76 Å². The van der Waals surface area contributed by atoms with Crippen LogP contribution in [0, 0.1) is 0 Å². The molecule has 0 unspecified atom stereocenters. The van der Waals surface area contributed by atoms with Gasteiger partial charge in [0.15, 0.2) is 5.43 Å². The van der Waals surface area contributed by atoms with E-state index >= 15 is 0 Å².